The predicted molar refractivity (Wildman–Crippen MR) is 66.5 cm³/mol. The molecule has 2 heterocycles. The molecule has 1 aromatic heterocycles. The van der Waals surface area contributed by atoms with Crippen molar-refractivity contribution in [2.24, 2.45) is 0 Å². The van der Waals surface area contributed by atoms with E-state index < -0.39 is 9.84 Å². The van der Waals surface area contributed by atoms with Crippen LogP contribution in [0.3, 0.4) is 0 Å². The lowest BCUT2D eigenvalue weighted by Gasteiger charge is -2.08. The Bertz CT molecular complexity index is 467. The summed E-state index contributed by atoms with van der Waals surface area (Å²) in [7, 11) is -2.82. The summed E-state index contributed by atoms with van der Waals surface area (Å²) in [5.41, 5.74) is 0.975. The Kier molecular flexibility index (Phi) is 3.83. The van der Waals surface area contributed by atoms with Crippen molar-refractivity contribution in [3.8, 4) is 0 Å². The van der Waals surface area contributed by atoms with Gasteiger partial charge in [0.2, 0.25) is 0 Å². The van der Waals surface area contributed by atoms with Gasteiger partial charge in [-0.3, -0.25) is 0 Å². The van der Waals surface area contributed by atoms with Gasteiger partial charge in [-0.2, -0.15) is 0 Å². The van der Waals surface area contributed by atoms with E-state index in [9.17, 15) is 8.42 Å². The molecule has 0 spiro atoms. The maximum atomic E-state index is 11.4. The number of nitrogens with zero attached hydrogens (tertiary/aromatic N) is 2. The highest BCUT2D eigenvalue weighted by molar-refractivity contribution is 7.91. The largest absolute Gasteiger partial charge is 0.333 e. The summed E-state index contributed by atoms with van der Waals surface area (Å²) in [5.74, 6) is 0.560. The molecule has 1 unspecified atom stereocenters. The molecule has 1 N–H and O–H groups in total. The Morgan fingerprint density at radius 1 is 1.59 bits per heavy atom. The number of imidazole rings is 1. The summed E-state index contributed by atoms with van der Waals surface area (Å²) in [6, 6.07) is 0.0763. The van der Waals surface area contributed by atoms with Crippen molar-refractivity contribution < 1.29 is 8.42 Å². The summed E-state index contributed by atoms with van der Waals surface area (Å²) >= 11 is 0. The van der Waals surface area contributed by atoms with Crippen LogP contribution >= 0.6 is 0 Å². The van der Waals surface area contributed by atoms with Gasteiger partial charge < -0.3 is 9.88 Å². The second-order valence-corrected chi connectivity index (χ2v) is 6.77. The first-order chi connectivity index (χ1) is 8.11. The number of aromatic nitrogens is 2. The second-order valence-electron chi connectivity index (χ2n) is 4.55. The average Bonchev–Trinajstić information content (AvgIpc) is 2.85. The van der Waals surface area contributed by atoms with Crippen LogP contribution in [-0.2, 0) is 16.4 Å². The summed E-state index contributed by atoms with van der Waals surface area (Å²) in [6.07, 6.45) is 5.50. The molecule has 5 nitrogen and oxygen atoms in total. The molecule has 2 rings (SSSR count). The van der Waals surface area contributed by atoms with E-state index in [1.165, 1.54) is 0 Å². The minimum atomic E-state index is -2.82. The van der Waals surface area contributed by atoms with Crippen LogP contribution in [0.5, 0.6) is 0 Å². The Labute approximate surface area is 102 Å². The van der Waals surface area contributed by atoms with Crippen LogP contribution in [0.2, 0.25) is 0 Å². The Morgan fingerprint density at radius 3 is 3.06 bits per heavy atom. The molecule has 1 fully saturated rings. The van der Waals surface area contributed by atoms with Crippen molar-refractivity contribution >= 4 is 9.84 Å². The highest BCUT2D eigenvalue weighted by atomic mass is 32.2. The lowest BCUT2D eigenvalue weighted by molar-refractivity contribution is 0.554. The van der Waals surface area contributed by atoms with E-state index in [1.807, 2.05) is 10.8 Å². The van der Waals surface area contributed by atoms with Crippen molar-refractivity contribution in [2.75, 3.05) is 18.1 Å². The molecule has 0 bridgehead atoms. The van der Waals surface area contributed by atoms with Crippen LogP contribution in [0.15, 0.2) is 12.5 Å². The van der Waals surface area contributed by atoms with Gasteiger partial charge in [0.25, 0.3) is 0 Å². The van der Waals surface area contributed by atoms with Crippen molar-refractivity contribution in [3.63, 3.8) is 0 Å². The molecule has 1 atom stereocenters. The number of sulfone groups is 1. The fraction of sp³-hybridized carbons (Fsp3) is 0.727. The maximum Gasteiger partial charge on any atom is 0.152 e. The standard InChI is InChI=1S/C11H19N3O2S/c1-2-4-12-6-10-7-14(9-13-10)11-3-5-17(15,16)8-11/h7,9,11-12H,2-6,8H2,1H3. The van der Waals surface area contributed by atoms with Crippen molar-refractivity contribution in [1.82, 2.24) is 14.9 Å². The quantitative estimate of drug-likeness (QED) is 0.790. The van der Waals surface area contributed by atoms with Crippen LogP contribution in [0.4, 0.5) is 0 Å². The summed E-state index contributed by atoms with van der Waals surface area (Å²) in [5, 5.41) is 3.28. The van der Waals surface area contributed by atoms with Gasteiger partial charge in [0.15, 0.2) is 9.84 Å². The zero-order chi connectivity index (χ0) is 12.3. The van der Waals surface area contributed by atoms with E-state index in [2.05, 4.69) is 17.2 Å². The Morgan fingerprint density at radius 2 is 2.41 bits per heavy atom. The van der Waals surface area contributed by atoms with Gasteiger partial charge >= 0.3 is 0 Å². The second kappa shape index (κ2) is 5.18. The van der Waals surface area contributed by atoms with Crippen LogP contribution in [0.1, 0.15) is 31.5 Å². The molecule has 17 heavy (non-hydrogen) atoms. The molecule has 0 saturated carbocycles. The van der Waals surface area contributed by atoms with Crippen LogP contribution < -0.4 is 5.32 Å². The van der Waals surface area contributed by atoms with E-state index in [4.69, 9.17) is 0 Å². The summed E-state index contributed by atoms with van der Waals surface area (Å²) in [4.78, 5) is 4.29. The molecule has 1 saturated heterocycles. The highest BCUT2D eigenvalue weighted by Crippen LogP contribution is 2.23. The molecule has 0 radical (unpaired) electrons. The predicted octanol–water partition coefficient (Wildman–Crippen LogP) is 0.742. The van der Waals surface area contributed by atoms with Crippen LogP contribution in [0.25, 0.3) is 0 Å². The molecule has 6 heteroatoms. The van der Waals surface area contributed by atoms with Gasteiger partial charge in [-0.05, 0) is 19.4 Å². The first kappa shape index (κ1) is 12.6. The highest BCUT2D eigenvalue weighted by Gasteiger charge is 2.28. The molecule has 96 valence electrons. The van der Waals surface area contributed by atoms with E-state index >= 15 is 0 Å². The normalized spacial score (nSPS) is 23.0. The zero-order valence-electron chi connectivity index (χ0n) is 10.1. The third-order valence-corrected chi connectivity index (χ3v) is 4.77. The molecule has 0 aromatic carbocycles. The summed E-state index contributed by atoms with van der Waals surface area (Å²) in [6.45, 7) is 3.85. The third-order valence-electron chi connectivity index (χ3n) is 3.02. The summed E-state index contributed by atoms with van der Waals surface area (Å²) < 4.78 is 24.7. The smallest absolute Gasteiger partial charge is 0.152 e. The Balaban J connectivity index is 1.94. The van der Waals surface area contributed by atoms with E-state index in [0.29, 0.717) is 12.2 Å². The first-order valence-electron chi connectivity index (χ1n) is 6.04. The number of hydrogen-bond donors (Lipinski definition) is 1. The van der Waals surface area contributed by atoms with E-state index in [0.717, 1.165) is 25.2 Å². The van der Waals surface area contributed by atoms with Crippen molar-refractivity contribution in [1.29, 1.82) is 0 Å². The zero-order valence-corrected chi connectivity index (χ0v) is 10.9. The van der Waals surface area contributed by atoms with Gasteiger partial charge in [0, 0.05) is 18.8 Å². The molecule has 1 aromatic rings. The third kappa shape index (κ3) is 3.29. The van der Waals surface area contributed by atoms with Gasteiger partial charge in [-0.25, -0.2) is 13.4 Å². The molecule has 1 aliphatic heterocycles. The topological polar surface area (TPSA) is 64.0 Å². The number of rotatable bonds is 5. The lowest BCUT2D eigenvalue weighted by atomic mass is 10.2. The maximum absolute atomic E-state index is 11.4. The molecular weight excluding hydrogens is 238 g/mol. The number of hydrogen-bond acceptors (Lipinski definition) is 4. The van der Waals surface area contributed by atoms with Crippen molar-refractivity contribution in [2.45, 2.75) is 32.4 Å². The Hall–Kier alpha value is -0.880. The van der Waals surface area contributed by atoms with Gasteiger partial charge in [0.1, 0.15) is 0 Å². The average molecular weight is 257 g/mol. The van der Waals surface area contributed by atoms with E-state index in [-0.39, 0.29) is 11.8 Å². The van der Waals surface area contributed by atoms with Gasteiger partial charge in [-0.1, -0.05) is 6.92 Å². The lowest BCUT2D eigenvalue weighted by Crippen LogP contribution is -2.14. The van der Waals surface area contributed by atoms with Gasteiger partial charge in [0.05, 0.1) is 23.5 Å². The molecular formula is C11H19N3O2S. The fourth-order valence-electron chi connectivity index (χ4n) is 2.07. The molecule has 1 aliphatic rings. The van der Waals surface area contributed by atoms with Crippen LogP contribution in [0, 0.1) is 0 Å². The molecule has 0 amide bonds. The minimum absolute atomic E-state index is 0.0763. The monoisotopic (exact) mass is 257 g/mol. The minimum Gasteiger partial charge on any atom is -0.333 e. The van der Waals surface area contributed by atoms with Crippen LogP contribution in [-0.4, -0.2) is 36.0 Å². The first-order valence-corrected chi connectivity index (χ1v) is 7.86. The fourth-order valence-corrected chi connectivity index (χ4v) is 3.80. The molecule has 0 aliphatic carbocycles. The van der Waals surface area contributed by atoms with Gasteiger partial charge in [-0.15, -0.1) is 0 Å². The van der Waals surface area contributed by atoms with E-state index in [1.54, 1.807) is 6.33 Å². The SMILES string of the molecule is CCCNCc1cn(C2CCS(=O)(=O)C2)cn1. The van der Waals surface area contributed by atoms with Crippen molar-refractivity contribution in [3.05, 3.63) is 18.2 Å². The number of nitrogens with one attached hydrogen (secondary N) is 1.